The molecule has 0 rings (SSSR count). The summed E-state index contributed by atoms with van der Waals surface area (Å²) in [6.45, 7) is 4.01. The molecule has 0 fully saturated rings. The van der Waals surface area contributed by atoms with Crippen molar-refractivity contribution in [1.29, 1.82) is 0 Å². The monoisotopic (exact) mass is 1240 g/mol. The summed E-state index contributed by atoms with van der Waals surface area (Å²) in [5, 5.41) is 0. The van der Waals surface area contributed by atoms with Crippen LogP contribution in [0.1, 0.15) is 284 Å². The first-order valence-corrected chi connectivity index (χ1v) is 37.0. The molecule has 0 aromatic heterocycles. The van der Waals surface area contributed by atoms with E-state index in [1.807, 2.05) is 21.1 Å². The van der Waals surface area contributed by atoms with E-state index in [0.29, 0.717) is 17.4 Å². The van der Waals surface area contributed by atoms with E-state index < -0.39 is 32.5 Å². The van der Waals surface area contributed by atoms with Gasteiger partial charge in [0.15, 0.2) is 6.10 Å². The summed E-state index contributed by atoms with van der Waals surface area (Å²) in [5.74, 6) is -0.840. The molecule has 0 amide bonds. The van der Waals surface area contributed by atoms with Crippen LogP contribution in [0.2, 0.25) is 0 Å². The van der Waals surface area contributed by atoms with Crippen molar-refractivity contribution in [2.45, 2.75) is 290 Å². The van der Waals surface area contributed by atoms with Gasteiger partial charge in [-0.3, -0.25) is 14.2 Å². The molecule has 10 heteroatoms. The minimum absolute atomic E-state index is 0.0372. The van der Waals surface area contributed by atoms with Gasteiger partial charge in [-0.1, -0.05) is 301 Å². The van der Waals surface area contributed by atoms with Gasteiger partial charge in [-0.25, -0.2) is 0 Å². The zero-order chi connectivity index (χ0) is 64.1. The summed E-state index contributed by atoms with van der Waals surface area (Å²) in [6, 6.07) is 0. The molecular weight excluding hydrogens is 1110 g/mol. The highest BCUT2D eigenvalue weighted by atomic mass is 31.2. The number of phosphoric acid groups is 1. The van der Waals surface area contributed by atoms with Crippen molar-refractivity contribution in [3.05, 3.63) is 146 Å². The van der Waals surface area contributed by atoms with Crippen LogP contribution in [0.25, 0.3) is 0 Å². The maximum absolute atomic E-state index is 12.9. The van der Waals surface area contributed by atoms with E-state index in [1.54, 1.807) is 0 Å². The van der Waals surface area contributed by atoms with E-state index in [-0.39, 0.29) is 26.1 Å². The number of carbonyl (C=O) groups excluding carboxylic acids is 2. The molecule has 2 unspecified atom stereocenters. The van der Waals surface area contributed by atoms with Crippen molar-refractivity contribution in [2.75, 3.05) is 47.5 Å². The number of hydrogen-bond acceptors (Lipinski definition) is 8. The third-order valence-corrected chi connectivity index (χ3v) is 15.8. The van der Waals surface area contributed by atoms with Crippen molar-refractivity contribution in [3.8, 4) is 0 Å². The van der Waals surface area contributed by atoms with Gasteiger partial charge in [0.2, 0.25) is 0 Å². The van der Waals surface area contributed by atoms with Gasteiger partial charge in [0.1, 0.15) is 19.8 Å². The number of likely N-dealkylation sites (N-methyl/N-ethyl adjacent to an activating group) is 1. The second-order valence-corrected chi connectivity index (χ2v) is 25.9. The Labute approximate surface area is 542 Å². The molecule has 0 aromatic carbocycles. The van der Waals surface area contributed by atoms with Gasteiger partial charge < -0.3 is 27.9 Å². The van der Waals surface area contributed by atoms with Crippen molar-refractivity contribution < 1.29 is 42.1 Å². The fraction of sp³-hybridized carbons (Fsp3) is 0.667. The van der Waals surface area contributed by atoms with E-state index in [2.05, 4.69) is 160 Å². The lowest BCUT2D eigenvalue weighted by molar-refractivity contribution is -0.870. The Morgan fingerprint density at radius 1 is 0.352 bits per heavy atom. The van der Waals surface area contributed by atoms with Gasteiger partial charge in [-0.15, -0.1) is 0 Å². The Morgan fingerprint density at radius 2 is 0.614 bits per heavy atom. The number of quaternary nitrogens is 1. The van der Waals surface area contributed by atoms with Crippen LogP contribution < -0.4 is 4.89 Å². The number of nitrogens with zero attached hydrogens (tertiary/aromatic N) is 1. The molecule has 9 nitrogen and oxygen atoms in total. The molecule has 0 radical (unpaired) electrons. The second kappa shape index (κ2) is 67.3. The van der Waals surface area contributed by atoms with Crippen LogP contribution in [0.4, 0.5) is 0 Å². The van der Waals surface area contributed by atoms with Crippen molar-refractivity contribution in [3.63, 3.8) is 0 Å². The van der Waals surface area contributed by atoms with E-state index in [0.717, 1.165) is 128 Å². The number of allylic oxidation sites excluding steroid dienone is 24. The van der Waals surface area contributed by atoms with Crippen LogP contribution >= 0.6 is 7.82 Å². The van der Waals surface area contributed by atoms with Crippen molar-refractivity contribution in [1.82, 2.24) is 0 Å². The fourth-order valence-corrected chi connectivity index (χ4v) is 10.2. The van der Waals surface area contributed by atoms with Crippen molar-refractivity contribution >= 4 is 19.8 Å². The molecule has 0 spiro atoms. The highest BCUT2D eigenvalue weighted by Crippen LogP contribution is 2.38. The van der Waals surface area contributed by atoms with E-state index in [9.17, 15) is 19.0 Å². The summed E-state index contributed by atoms with van der Waals surface area (Å²) in [5.41, 5.74) is 0. The van der Waals surface area contributed by atoms with Crippen LogP contribution in [0.5, 0.6) is 0 Å². The van der Waals surface area contributed by atoms with E-state index >= 15 is 0 Å². The first kappa shape index (κ1) is 83.9. The number of carbonyl (C=O) groups is 2. The second-order valence-electron chi connectivity index (χ2n) is 24.5. The predicted molar refractivity (Wildman–Crippen MR) is 378 cm³/mol. The average molecular weight is 1240 g/mol. The third kappa shape index (κ3) is 71.0. The minimum Gasteiger partial charge on any atom is -0.756 e. The van der Waals surface area contributed by atoms with Gasteiger partial charge >= 0.3 is 11.9 Å². The number of ether oxygens (including phenoxy) is 2. The Balaban J connectivity index is 4.04. The van der Waals surface area contributed by atoms with Gasteiger partial charge in [0.25, 0.3) is 7.82 Å². The highest BCUT2D eigenvalue weighted by Gasteiger charge is 2.22. The molecule has 0 aliphatic carbocycles. The first-order chi connectivity index (χ1) is 43.0. The van der Waals surface area contributed by atoms with Crippen LogP contribution in [-0.4, -0.2) is 70.0 Å². The Morgan fingerprint density at radius 3 is 0.909 bits per heavy atom. The average Bonchev–Trinajstić information content (AvgIpc) is 3.68. The smallest absolute Gasteiger partial charge is 0.306 e. The lowest BCUT2D eigenvalue weighted by atomic mass is 10.0. The number of phosphoric ester groups is 1. The number of hydrogen-bond donors (Lipinski definition) is 0. The first-order valence-electron chi connectivity index (χ1n) is 35.5. The highest BCUT2D eigenvalue weighted by molar-refractivity contribution is 7.45. The molecule has 2 atom stereocenters. The van der Waals surface area contributed by atoms with Gasteiger partial charge in [0, 0.05) is 12.8 Å². The summed E-state index contributed by atoms with van der Waals surface area (Å²) in [6.07, 6.45) is 99.3. The lowest BCUT2D eigenvalue weighted by Crippen LogP contribution is -2.37. The quantitative estimate of drug-likeness (QED) is 0.0195. The van der Waals surface area contributed by atoms with Crippen LogP contribution in [0.3, 0.4) is 0 Å². The maximum Gasteiger partial charge on any atom is 0.306 e. The molecular formula is C78H132NO8P. The predicted octanol–water partition coefficient (Wildman–Crippen LogP) is 22.7. The molecule has 0 aliphatic rings. The summed E-state index contributed by atoms with van der Waals surface area (Å²) in [4.78, 5) is 38.1. The Hall–Kier alpha value is -4.11. The van der Waals surface area contributed by atoms with Crippen LogP contribution in [0, 0.1) is 0 Å². The molecule has 0 N–H and O–H groups in total. The van der Waals surface area contributed by atoms with Crippen LogP contribution in [0.15, 0.2) is 146 Å². The Kier molecular flexibility index (Phi) is 64.1. The molecule has 0 aliphatic heterocycles. The van der Waals surface area contributed by atoms with Gasteiger partial charge in [-0.2, -0.15) is 0 Å². The van der Waals surface area contributed by atoms with Gasteiger partial charge in [0.05, 0.1) is 27.7 Å². The van der Waals surface area contributed by atoms with Crippen LogP contribution in [-0.2, 0) is 32.7 Å². The lowest BCUT2D eigenvalue weighted by Gasteiger charge is -2.28. The SMILES string of the molecule is CC/C=C\C/C=C\C/C=C\C/C=C\C/C=C\C/C=C\C/C=C\CCCCCCCCCCCCCCCCCCCC(=O)OC(COC(=O)CCCCCCCCCCC/C=C\C/C=C\C/C=C\C/C=C\C/C=C\CC)COP(=O)([O-])OCC[N+](C)(C)C. The maximum atomic E-state index is 12.9. The molecule has 502 valence electrons. The number of esters is 2. The van der Waals surface area contributed by atoms with Crippen molar-refractivity contribution in [2.24, 2.45) is 0 Å². The molecule has 0 aromatic rings. The molecule has 0 bridgehead atoms. The van der Waals surface area contributed by atoms with Gasteiger partial charge in [-0.05, 0) is 116 Å². The molecule has 88 heavy (non-hydrogen) atoms. The molecule has 0 saturated carbocycles. The Bertz CT molecular complexity index is 2000. The summed E-state index contributed by atoms with van der Waals surface area (Å²) in [7, 11) is 1.15. The third-order valence-electron chi connectivity index (χ3n) is 14.9. The number of rotatable bonds is 64. The molecule has 0 saturated heterocycles. The fourth-order valence-electron chi connectivity index (χ4n) is 9.49. The normalized spacial score (nSPS) is 14.0. The largest absolute Gasteiger partial charge is 0.756 e. The van der Waals surface area contributed by atoms with E-state index in [4.69, 9.17) is 18.5 Å². The topological polar surface area (TPSA) is 111 Å². The summed E-state index contributed by atoms with van der Waals surface area (Å²) >= 11 is 0. The number of unbranched alkanes of at least 4 members (excludes halogenated alkanes) is 26. The zero-order valence-electron chi connectivity index (χ0n) is 57.1. The van der Waals surface area contributed by atoms with E-state index in [1.165, 1.54) is 122 Å². The zero-order valence-corrected chi connectivity index (χ0v) is 58.0. The summed E-state index contributed by atoms with van der Waals surface area (Å²) < 4.78 is 34.3. The molecule has 0 heterocycles. The minimum atomic E-state index is -4.65. The standard InChI is InChI=1S/C78H132NO8P/c1-6-8-10-12-14-16-18-20-22-24-26-28-30-32-33-34-35-36-37-38-39-40-41-42-43-44-45-47-49-51-53-55-57-59-61-63-65-67-69-71-78(81)87-76(75-86-88(82,83)85-73-72-79(3,4)5)74-84-77(80)70-68-66-64-62-60-58-56-54-52-50-48-46-31-29-27-25-23-21-19-17-15-13-11-9-7-2/h8-11,14-17,20-23,26-29,32-33,35-36,38-39,46,48,76H,6-7,12-13,18-19,24-25,30-31,34,37,40-45,47,49-75H2,1-5H3/b10-8-,11-9-,16-14-,17-15-,22-20-,23-21-,28-26-,29-27-,33-32-,36-35-,39-38-,48-46-.